The van der Waals surface area contributed by atoms with Crippen LogP contribution in [-0.2, 0) is 6.54 Å². The summed E-state index contributed by atoms with van der Waals surface area (Å²) in [7, 11) is 0. The number of benzene rings is 1. The number of carbonyl (C=O) groups is 1. The van der Waals surface area contributed by atoms with Gasteiger partial charge in [0.25, 0.3) is 5.91 Å². The first kappa shape index (κ1) is 17.2. The monoisotopic (exact) mass is 386 g/mol. The van der Waals surface area contributed by atoms with Gasteiger partial charge in [-0.3, -0.25) is 9.20 Å². The number of amides is 1. The largest absolute Gasteiger partial charge is 0.370 e. The summed E-state index contributed by atoms with van der Waals surface area (Å²) in [6.45, 7) is 2.63. The van der Waals surface area contributed by atoms with Crippen molar-refractivity contribution in [3.05, 3.63) is 65.1 Å². The summed E-state index contributed by atoms with van der Waals surface area (Å²) in [5.74, 6) is 2.13. The van der Waals surface area contributed by atoms with Crippen LogP contribution in [0.5, 0.6) is 0 Å². The van der Waals surface area contributed by atoms with Crippen LogP contribution in [0.4, 0.5) is 5.69 Å². The van der Waals surface area contributed by atoms with E-state index in [-0.39, 0.29) is 11.1 Å². The lowest BCUT2D eigenvalue weighted by molar-refractivity contribution is 0.0945. The van der Waals surface area contributed by atoms with Crippen LogP contribution in [0.25, 0.3) is 5.65 Å². The maximum absolute atomic E-state index is 12.6. The zero-order valence-corrected chi connectivity index (χ0v) is 15.8. The molecule has 1 saturated heterocycles. The Kier molecular flexibility index (Phi) is 5.04. The molecule has 1 amide bonds. The molecule has 0 atom stereocenters. The maximum atomic E-state index is 12.6. The summed E-state index contributed by atoms with van der Waals surface area (Å²) in [5.41, 5.74) is 3.32. The molecule has 0 bridgehead atoms. The van der Waals surface area contributed by atoms with Crippen molar-refractivity contribution in [3.8, 4) is 0 Å². The number of nitrogens with one attached hydrogen (secondary N) is 1. The summed E-state index contributed by atoms with van der Waals surface area (Å²) in [5, 5.41) is 3.15. The molecule has 1 N–H and O–H groups in total. The third kappa shape index (κ3) is 3.52. The zero-order chi connectivity index (χ0) is 17.9. The molecule has 1 aliphatic rings. The minimum Gasteiger partial charge on any atom is -0.370 e. The van der Waals surface area contributed by atoms with E-state index in [2.05, 4.69) is 39.5 Å². The molecular formula is C19H19ClN4OS. The summed E-state index contributed by atoms with van der Waals surface area (Å²) in [4.78, 5) is 19.2. The summed E-state index contributed by atoms with van der Waals surface area (Å²) >= 11 is 8.15. The Morgan fingerprint density at radius 2 is 1.92 bits per heavy atom. The SMILES string of the molecule is O=C(NCc1ccc(N2CCSCC2)cc1)c1c(Cl)nc2ccccn12. The molecule has 1 aliphatic heterocycles. The Morgan fingerprint density at radius 3 is 2.69 bits per heavy atom. The highest BCUT2D eigenvalue weighted by atomic mass is 35.5. The molecule has 3 heterocycles. The third-order valence-electron chi connectivity index (χ3n) is 4.47. The first-order valence-electron chi connectivity index (χ1n) is 8.55. The lowest BCUT2D eigenvalue weighted by atomic mass is 10.2. The smallest absolute Gasteiger partial charge is 0.271 e. The molecular weight excluding hydrogens is 368 g/mol. The predicted molar refractivity (Wildman–Crippen MR) is 107 cm³/mol. The van der Waals surface area contributed by atoms with Crippen LogP contribution in [0.15, 0.2) is 48.7 Å². The number of halogens is 1. The van der Waals surface area contributed by atoms with Crippen molar-refractivity contribution in [1.29, 1.82) is 0 Å². The number of rotatable bonds is 4. The quantitative estimate of drug-likeness (QED) is 0.745. The Hall–Kier alpha value is -2.18. The third-order valence-corrected chi connectivity index (χ3v) is 5.67. The van der Waals surface area contributed by atoms with Crippen LogP contribution < -0.4 is 10.2 Å². The van der Waals surface area contributed by atoms with Gasteiger partial charge in [0.2, 0.25) is 0 Å². The number of nitrogens with zero attached hydrogens (tertiary/aromatic N) is 3. The standard InChI is InChI=1S/C19H19ClN4OS/c20-18-17(24-8-2-1-3-16(24)22-18)19(25)21-13-14-4-6-15(7-5-14)23-9-11-26-12-10-23/h1-8H,9-13H2,(H,21,25). The van der Waals surface area contributed by atoms with Gasteiger partial charge in [-0.05, 0) is 29.8 Å². The van der Waals surface area contributed by atoms with E-state index in [1.165, 1.54) is 17.2 Å². The van der Waals surface area contributed by atoms with Crippen LogP contribution in [0.3, 0.4) is 0 Å². The van der Waals surface area contributed by atoms with Crippen LogP contribution in [0.1, 0.15) is 16.1 Å². The van der Waals surface area contributed by atoms with E-state index in [1.54, 1.807) is 10.6 Å². The van der Waals surface area contributed by atoms with Gasteiger partial charge in [0.05, 0.1) is 0 Å². The van der Waals surface area contributed by atoms with E-state index in [4.69, 9.17) is 11.6 Å². The number of hydrogen-bond acceptors (Lipinski definition) is 4. The molecule has 26 heavy (non-hydrogen) atoms. The molecule has 0 aliphatic carbocycles. The number of hydrogen-bond donors (Lipinski definition) is 1. The van der Waals surface area contributed by atoms with Gasteiger partial charge in [0.1, 0.15) is 5.65 Å². The average Bonchev–Trinajstić information content (AvgIpc) is 3.03. The van der Waals surface area contributed by atoms with Gasteiger partial charge in [-0.15, -0.1) is 0 Å². The highest BCUT2D eigenvalue weighted by Crippen LogP contribution is 2.20. The average molecular weight is 387 g/mol. The predicted octanol–water partition coefficient (Wildman–Crippen LogP) is 3.47. The fraction of sp³-hybridized carbons (Fsp3) is 0.263. The Bertz CT molecular complexity index is 919. The van der Waals surface area contributed by atoms with Crippen LogP contribution in [0.2, 0.25) is 5.15 Å². The van der Waals surface area contributed by atoms with Crippen molar-refractivity contribution in [1.82, 2.24) is 14.7 Å². The maximum Gasteiger partial charge on any atom is 0.271 e. The molecule has 0 spiro atoms. The van der Waals surface area contributed by atoms with Gasteiger partial charge < -0.3 is 10.2 Å². The molecule has 134 valence electrons. The van der Waals surface area contributed by atoms with E-state index in [0.717, 1.165) is 18.7 Å². The molecule has 3 aromatic rings. The summed E-state index contributed by atoms with van der Waals surface area (Å²) in [6.07, 6.45) is 1.79. The highest BCUT2D eigenvalue weighted by molar-refractivity contribution is 7.99. The second kappa shape index (κ2) is 7.60. The van der Waals surface area contributed by atoms with Crippen molar-refractivity contribution in [2.45, 2.75) is 6.54 Å². The van der Waals surface area contributed by atoms with Gasteiger partial charge in [0, 0.05) is 43.0 Å². The van der Waals surface area contributed by atoms with Crippen molar-refractivity contribution in [2.24, 2.45) is 0 Å². The second-order valence-electron chi connectivity index (χ2n) is 6.13. The van der Waals surface area contributed by atoms with Gasteiger partial charge in [-0.25, -0.2) is 4.98 Å². The molecule has 0 unspecified atom stereocenters. The van der Waals surface area contributed by atoms with E-state index in [1.807, 2.05) is 30.0 Å². The van der Waals surface area contributed by atoms with Gasteiger partial charge in [-0.1, -0.05) is 29.8 Å². The van der Waals surface area contributed by atoms with Crippen LogP contribution in [0, 0.1) is 0 Å². The molecule has 1 aromatic carbocycles. The topological polar surface area (TPSA) is 49.6 Å². The Balaban J connectivity index is 1.43. The minimum absolute atomic E-state index is 0.215. The molecule has 2 aromatic heterocycles. The second-order valence-corrected chi connectivity index (χ2v) is 7.71. The molecule has 5 nitrogen and oxygen atoms in total. The lowest BCUT2D eigenvalue weighted by Gasteiger charge is -2.28. The molecule has 7 heteroatoms. The summed E-state index contributed by atoms with van der Waals surface area (Å²) < 4.78 is 1.70. The van der Waals surface area contributed by atoms with Crippen LogP contribution in [-0.4, -0.2) is 39.9 Å². The highest BCUT2D eigenvalue weighted by Gasteiger charge is 2.17. The van der Waals surface area contributed by atoms with Crippen LogP contribution >= 0.6 is 23.4 Å². The van der Waals surface area contributed by atoms with Gasteiger partial charge in [-0.2, -0.15) is 11.8 Å². The fourth-order valence-corrected chi connectivity index (χ4v) is 4.25. The van der Waals surface area contributed by atoms with Crippen molar-refractivity contribution < 1.29 is 4.79 Å². The number of anilines is 1. The molecule has 0 saturated carbocycles. The van der Waals surface area contributed by atoms with E-state index < -0.39 is 0 Å². The number of imidazole rings is 1. The van der Waals surface area contributed by atoms with E-state index >= 15 is 0 Å². The Labute approximate surface area is 161 Å². The van der Waals surface area contributed by atoms with E-state index in [9.17, 15) is 4.79 Å². The number of aromatic nitrogens is 2. The normalized spacial score (nSPS) is 14.6. The molecule has 4 rings (SSSR count). The molecule has 0 radical (unpaired) electrons. The molecule has 1 fully saturated rings. The first-order valence-corrected chi connectivity index (χ1v) is 10.1. The fourth-order valence-electron chi connectivity index (χ4n) is 3.08. The minimum atomic E-state index is -0.231. The lowest BCUT2D eigenvalue weighted by Crippen LogP contribution is -2.32. The van der Waals surface area contributed by atoms with Gasteiger partial charge in [0.15, 0.2) is 10.8 Å². The first-order chi connectivity index (χ1) is 12.7. The van der Waals surface area contributed by atoms with Crippen molar-refractivity contribution in [2.75, 3.05) is 29.5 Å². The zero-order valence-electron chi connectivity index (χ0n) is 14.2. The van der Waals surface area contributed by atoms with Gasteiger partial charge >= 0.3 is 0 Å². The van der Waals surface area contributed by atoms with Crippen molar-refractivity contribution in [3.63, 3.8) is 0 Å². The number of carbonyl (C=O) groups excluding carboxylic acids is 1. The van der Waals surface area contributed by atoms with Crippen molar-refractivity contribution >= 4 is 40.6 Å². The number of thioether (sulfide) groups is 1. The summed E-state index contributed by atoms with van der Waals surface area (Å²) in [6, 6.07) is 13.9. The van der Waals surface area contributed by atoms with E-state index in [0.29, 0.717) is 17.9 Å². The number of fused-ring (bicyclic) bond motifs is 1. The Morgan fingerprint density at radius 1 is 1.15 bits per heavy atom. The number of pyridine rings is 1.